The number of halogens is 4. The van der Waals surface area contributed by atoms with Crippen molar-refractivity contribution in [3.8, 4) is 0 Å². The highest BCUT2D eigenvalue weighted by molar-refractivity contribution is 14.1. The van der Waals surface area contributed by atoms with Crippen molar-refractivity contribution in [1.82, 2.24) is 4.98 Å². The molecule has 3 atom stereocenters. The zero-order valence-corrected chi connectivity index (χ0v) is 17.9. The summed E-state index contributed by atoms with van der Waals surface area (Å²) in [6, 6.07) is 8.99. The van der Waals surface area contributed by atoms with E-state index < -0.39 is 17.7 Å². The molecule has 0 radical (unpaired) electrons. The average Bonchev–Trinajstić information content (AvgIpc) is 3.12. The molecule has 4 rings (SSSR count). The van der Waals surface area contributed by atoms with Crippen LogP contribution in [0, 0.1) is 12.8 Å². The molecule has 1 aliphatic heterocycles. The maximum atomic E-state index is 13.4. The first-order chi connectivity index (χ1) is 13.6. The highest BCUT2D eigenvalue weighted by Crippen LogP contribution is 2.55. The summed E-state index contributed by atoms with van der Waals surface area (Å²) in [5.74, 6) is -0.272. The number of carbonyl (C=O) groups is 1. The number of aryl methyl sites for hydroxylation is 1. The first-order valence-electron chi connectivity index (χ1n) is 9.39. The van der Waals surface area contributed by atoms with Crippen molar-refractivity contribution in [1.29, 1.82) is 0 Å². The number of rotatable bonds is 3. The molecule has 0 bridgehead atoms. The Bertz CT molecular complexity index is 965. The number of hydrogen-bond acceptors (Lipinski definition) is 3. The van der Waals surface area contributed by atoms with Crippen molar-refractivity contribution in [2.75, 3.05) is 18.0 Å². The van der Waals surface area contributed by atoms with Crippen LogP contribution in [-0.4, -0.2) is 32.6 Å². The van der Waals surface area contributed by atoms with Crippen molar-refractivity contribution < 1.29 is 23.1 Å². The van der Waals surface area contributed by atoms with Gasteiger partial charge >= 0.3 is 12.1 Å². The van der Waals surface area contributed by atoms with Crippen molar-refractivity contribution in [2.45, 2.75) is 35.3 Å². The van der Waals surface area contributed by atoms with Gasteiger partial charge in [0.05, 0.1) is 11.1 Å². The highest BCUT2D eigenvalue weighted by atomic mass is 127. The van der Waals surface area contributed by atoms with E-state index in [1.165, 1.54) is 18.2 Å². The third-order valence-corrected chi connectivity index (χ3v) is 7.66. The summed E-state index contributed by atoms with van der Waals surface area (Å²) >= 11 is 2.40. The molecule has 2 fully saturated rings. The number of nitrogens with zero attached hydrogens (tertiary/aromatic N) is 2. The zero-order valence-electron chi connectivity index (χ0n) is 15.7. The van der Waals surface area contributed by atoms with E-state index in [1.54, 1.807) is 25.1 Å². The monoisotopic (exact) mass is 516 g/mol. The van der Waals surface area contributed by atoms with Crippen LogP contribution in [0.3, 0.4) is 0 Å². The van der Waals surface area contributed by atoms with Crippen LogP contribution < -0.4 is 4.90 Å². The Kier molecular flexibility index (Phi) is 5.03. The summed E-state index contributed by atoms with van der Waals surface area (Å²) in [5, 5.41) is 9.30. The molecule has 154 valence electrons. The number of carboxylic acid groups (broad SMARTS) is 1. The Morgan fingerprint density at radius 1 is 1.31 bits per heavy atom. The van der Waals surface area contributed by atoms with Crippen LogP contribution in [0.15, 0.2) is 36.4 Å². The van der Waals surface area contributed by atoms with Crippen LogP contribution in [-0.2, 0) is 6.18 Å². The number of anilines is 1. The summed E-state index contributed by atoms with van der Waals surface area (Å²) in [4.78, 5) is 17.9. The van der Waals surface area contributed by atoms with Crippen LogP contribution in [0.4, 0.5) is 19.0 Å². The van der Waals surface area contributed by atoms with Gasteiger partial charge in [-0.2, -0.15) is 13.2 Å². The lowest BCUT2D eigenvalue weighted by Gasteiger charge is -2.25. The zero-order chi connectivity index (χ0) is 21.0. The molecule has 2 aromatic rings. The molecular formula is C21H20F3IN2O2. The van der Waals surface area contributed by atoms with Crippen molar-refractivity contribution in [3.05, 3.63) is 58.8 Å². The Morgan fingerprint density at radius 3 is 2.69 bits per heavy atom. The minimum atomic E-state index is -4.35. The maximum Gasteiger partial charge on any atom is 0.416 e. The molecule has 4 nitrogen and oxygen atoms in total. The summed E-state index contributed by atoms with van der Waals surface area (Å²) in [7, 11) is 0. The smallest absolute Gasteiger partial charge is 0.416 e. The second-order valence-corrected chi connectivity index (χ2v) is 10.1. The Balaban J connectivity index is 1.57. The summed E-state index contributed by atoms with van der Waals surface area (Å²) < 4.78 is 40.2. The molecule has 2 heterocycles. The molecule has 1 N–H and O–H groups in total. The van der Waals surface area contributed by atoms with E-state index in [2.05, 4.69) is 32.5 Å². The molecule has 1 aromatic carbocycles. The number of aromatic nitrogens is 1. The van der Waals surface area contributed by atoms with Gasteiger partial charge in [-0.05, 0) is 55.4 Å². The molecular weight excluding hydrogens is 496 g/mol. The second-order valence-electron chi connectivity index (χ2n) is 7.99. The van der Waals surface area contributed by atoms with Gasteiger partial charge < -0.3 is 10.0 Å². The number of hydrogen-bond donors (Lipinski definition) is 1. The number of benzene rings is 1. The molecule has 8 heteroatoms. The van der Waals surface area contributed by atoms with Gasteiger partial charge in [-0.3, -0.25) is 0 Å². The summed E-state index contributed by atoms with van der Waals surface area (Å²) in [5.41, 5.74) is 0.688. The second kappa shape index (κ2) is 7.14. The largest absolute Gasteiger partial charge is 0.478 e. The van der Waals surface area contributed by atoms with E-state index in [4.69, 9.17) is 0 Å². The third-order valence-electron chi connectivity index (χ3n) is 6.00. The Morgan fingerprint density at radius 2 is 2.03 bits per heavy atom. The van der Waals surface area contributed by atoms with E-state index in [9.17, 15) is 23.1 Å². The molecule has 1 aliphatic carbocycles. The van der Waals surface area contributed by atoms with E-state index in [-0.39, 0.29) is 20.8 Å². The van der Waals surface area contributed by atoms with E-state index in [0.717, 1.165) is 0 Å². The Labute approximate surface area is 180 Å². The average molecular weight is 516 g/mol. The fourth-order valence-corrected chi connectivity index (χ4v) is 6.15. The fraction of sp³-hybridized carbons (Fsp3) is 0.429. The normalized spacial score (nSPS) is 26.6. The number of carboxylic acids is 1. The lowest BCUT2D eigenvalue weighted by atomic mass is 9.91. The molecule has 0 unspecified atom stereocenters. The first kappa shape index (κ1) is 20.4. The number of pyridine rings is 1. The van der Waals surface area contributed by atoms with Gasteiger partial charge in [0, 0.05) is 22.2 Å². The lowest BCUT2D eigenvalue weighted by Crippen LogP contribution is -2.28. The predicted molar refractivity (Wildman–Crippen MR) is 112 cm³/mol. The highest BCUT2D eigenvalue weighted by Gasteiger charge is 2.53. The minimum Gasteiger partial charge on any atom is -0.478 e. The molecule has 0 amide bonds. The van der Waals surface area contributed by atoms with E-state index in [0.29, 0.717) is 43.0 Å². The molecule has 1 saturated heterocycles. The maximum absolute atomic E-state index is 13.4. The molecule has 2 aliphatic rings. The van der Waals surface area contributed by atoms with Gasteiger partial charge in [0.15, 0.2) is 0 Å². The van der Waals surface area contributed by atoms with Gasteiger partial charge in [-0.15, -0.1) is 0 Å². The van der Waals surface area contributed by atoms with Crippen LogP contribution in [0.5, 0.6) is 0 Å². The van der Waals surface area contributed by atoms with Gasteiger partial charge in [0.2, 0.25) is 0 Å². The van der Waals surface area contributed by atoms with E-state index >= 15 is 0 Å². The van der Waals surface area contributed by atoms with Crippen LogP contribution >= 0.6 is 22.6 Å². The minimum absolute atomic E-state index is 0.128. The summed E-state index contributed by atoms with van der Waals surface area (Å²) in [6.45, 7) is 3.08. The van der Waals surface area contributed by atoms with Crippen molar-refractivity contribution in [3.63, 3.8) is 0 Å². The van der Waals surface area contributed by atoms with Crippen molar-refractivity contribution >= 4 is 34.4 Å². The van der Waals surface area contributed by atoms with Gasteiger partial charge in [-0.25, -0.2) is 9.78 Å². The topological polar surface area (TPSA) is 53.4 Å². The molecule has 1 saturated carbocycles. The van der Waals surface area contributed by atoms with Gasteiger partial charge in [0.25, 0.3) is 0 Å². The SMILES string of the molecule is Cc1cc(C(=O)O)cc(N2C[C@@H]3C[C@H](c4ccccc4C(F)(F)F)C[C@]3(I)C2)n1. The van der Waals surface area contributed by atoms with Crippen LogP contribution in [0.1, 0.15) is 45.9 Å². The lowest BCUT2D eigenvalue weighted by molar-refractivity contribution is -0.138. The van der Waals surface area contributed by atoms with E-state index in [1.807, 2.05) is 0 Å². The quantitative estimate of drug-likeness (QED) is 0.445. The Hall–Kier alpha value is -1.84. The third kappa shape index (κ3) is 3.83. The molecule has 29 heavy (non-hydrogen) atoms. The molecule has 1 aromatic heterocycles. The van der Waals surface area contributed by atoms with Crippen molar-refractivity contribution in [2.24, 2.45) is 5.92 Å². The molecule has 0 spiro atoms. The predicted octanol–water partition coefficient (Wildman–Crippen LogP) is 5.29. The fourth-order valence-electron chi connectivity index (χ4n) is 4.75. The first-order valence-corrected chi connectivity index (χ1v) is 10.5. The summed E-state index contributed by atoms with van der Waals surface area (Å²) in [6.07, 6.45) is -3.00. The number of aromatic carboxylic acids is 1. The van der Waals surface area contributed by atoms with Crippen LogP contribution in [0.25, 0.3) is 0 Å². The number of alkyl halides is 4. The van der Waals surface area contributed by atoms with Crippen LogP contribution in [0.2, 0.25) is 0 Å². The van der Waals surface area contributed by atoms with Gasteiger partial charge in [-0.1, -0.05) is 40.8 Å². The van der Waals surface area contributed by atoms with Gasteiger partial charge in [0.1, 0.15) is 5.82 Å². The number of fused-ring (bicyclic) bond motifs is 1. The standard InChI is InChI=1S/C21H20F3IN2O2/c1-12-6-13(19(28)29)8-18(26-12)27-10-15-7-14(9-20(15,25)11-27)16-4-2-3-5-17(16)21(22,23)24/h2-6,8,14-15H,7,9-11H2,1H3,(H,28,29)/t14-,15-,20-/m0/s1.